The highest BCUT2D eigenvalue weighted by atomic mass is 16.5. The fraction of sp³-hybridized carbons (Fsp3) is 0.500. The lowest BCUT2D eigenvalue weighted by molar-refractivity contribution is 0.127. The molecule has 1 saturated heterocycles. The highest BCUT2D eigenvalue weighted by molar-refractivity contribution is 5.78. The molecule has 18 heavy (non-hydrogen) atoms. The summed E-state index contributed by atoms with van der Waals surface area (Å²) in [5.74, 6) is 1.12. The fourth-order valence-corrected chi connectivity index (χ4v) is 2.04. The Labute approximate surface area is 108 Å². The van der Waals surface area contributed by atoms with Gasteiger partial charge in [-0.15, -0.1) is 0 Å². The van der Waals surface area contributed by atoms with Gasteiger partial charge in [0.15, 0.2) is 5.96 Å². The monoisotopic (exact) mass is 247 g/mol. The van der Waals surface area contributed by atoms with Crippen molar-refractivity contribution in [1.29, 1.82) is 0 Å². The smallest absolute Gasteiger partial charge is 0.191 e. The largest absolute Gasteiger partial charge is 0.379 e. The molecule has 1 aliphatic rings. The maximum atomic E-state index is 6.05. The Morgan fingerprint density at radius 2 is 2.22 bits per heavy atom. The zero-order chi connectivity index (χ0) is 12.8. The lowest BCUT2D eigenvalue weighted by Gasteiger charge is -2.22. The van der Waals surface area contributed by atoms with Crippen LogP contribution in [0, 0.1) is 5.92 Å². The molecule has 0 amide bonds. The van der Waals surface area contributed by atoms with Crippen molar-refractivity contribution in [2.45, 2.75) is 13.5 Å². The van der Waals surface area contributed by atoms with E-state index >= 15 is 0 Å². The third kappa shape index (κ3) is 3.74. The maximum absolute atomic E-state index is 6.05. The highest BCUT2D eigenvalue weighted by Crippen LogP contribution is 2.06. The summed E-state index contributed by atoms with van der Waals surface area (Å²) in [7, 11) is 0. The number of nitrogens with two attached hydrogens (primary N) is 1. The van der Waals surface area contributed by atoms with Gasteiger partial charge >= 0.3 is 0 Å². The molecule has 1 unspecified atom stereocenters. The molecule has 0 saturated carbocycles. The Balaban J connectivity index is 1.95. The number of benzene rings is 1. The van der Waals surface area contributed by atoms with E-state index in [1.807, 2.05) is 18.2 Å². The van der Waals surface area contributed by atoms with Crippen molar-refractivity contribution in [3.05, 3.63) is 35.9 Å². The molecule has 4 nitrogen and oxygen atoms in total. The summed E-state index contributed by atoms with van der Waals surface area (Å²) in [5, 5.41) is 0. The first-order valence-corrected chi connectivity index (χ1v) is 6.42. The van der Waals surface area contributed by atoms with Crippen molar-refractivity contribution in [2.75, 3.05) is 26.3 Å². The number of guanidine groups is 1. The topological polar surface area (TPSA) is 50.9 Å². The number of nitrogens with zero attached hydrogens (tertiary/aromatic N) is 2. The molecule has 0 aliphatic carbocycles. The summed E-state index contributed by atoms with van der Waals surface area (Å²) in [5.41, 5.74) is 7.23. The van der Waals surface area contributed by atoms with E-state index in [-0.39, 0.29) is 0 Å². The van der Waals surface area contributed by atoms with Crippen LogP contribution >= 0.6 is 0 Å². The Kier molecular flexibility index (Phi) is 4.59. The van der Waals surface area contributed by atoms with Gasteiger partial charge in [0.1, 0.15) is 0 Å². The molecule has 0 aromatic heterocycles. The molecular formula is C14H21N3O. The first-order chi connectivity index (χ1) is 8.75. The molecule has 1 aromatic rings. The third-order valence-electron chi connectivity index (χ3n) is 3.03. The Morgan fingerprint density at radius 1 is 1.44 bits per heavy atom. The predicted octanol–water partition coefficient (Wildman–Crippen LogP) is 1.47. The lowest BCUT2D eigenvalue weighted by atomic mass is 10.2. The zero-order valence-corrected chi connectivity index (χ0v) is 10.9. The molecule has 1 aliphatic heterocycles. The average molecular weight is 247 g/mol. The van der Waals surface area contributed by atoms with E-state index in [9.17, 15) is 0 Å². The lowest BCUT2D eigenvalue weighted by Crippen LogP contribution is -2.40. The molecule has 1 fully saturated rings. The van der Waals surface area contributed by atoms with Gasteiger partial charge in [0.05, 0.1) is 19.8 Å². The number of ether oxygens (including phenoxy) is 1. The zero-order valence-electron chi connectivity index (χ0n) is 10.9. The van der Waals surface area contributed by atoms with Crippen LogP contribution in [-0.2, 0) is 11.3 Å². The minimum absolute atomic E-state index is 0.498. The van der Waals surface area contributed by atoms with Crippen LogP contribution in [0.25, 0.3) is 0 Å². The first kappa shape index (κ1) is 12.9. The summed E-state index contributed by atoms with van der Waals surface area (Å²) in [6, 6.07) is 10.2. The standard InChI is InChI=1S/C14H21N3O/c1-12-10-17(7-8-18-11-12)14(15)16-9-13-5-3-2-4-6-13/h2-6,12H,7-11H2,1H3,(H2,15,16). The van der Waals surface area contributed by atoms with E-state index in [0.29, 0.717) is 18.4 Å². The van der Waals surface area contributed by atoms with E-state index in [1.165, 1.54) is 5.56 Å². The van der Waals surface area contributed by atoms with Crippen molar-refractivity contribution in [1.82, 2.24) is 4.90 Å². The van der Waals surface area contributed by atoms with Gasteiger partial charge in [-0.3, -0.25) is 0 Å². The van der Waals surface area contributed by atoms with Crippen molar-refractivity contribution in [2.24, 2.45) is 16.6 Å². The summed E-state index contributed by atoms with van der Waals surface area (Å²) < 4.78 is 5.50. The second kappa shape index (κ2) is 6.40. The van der Waals surface area contributed by atoms with Crippen LogP contribution < -0.4 is 5.73 Å². The van der Waals surface area contributed by atoms with Gasteiger partial charge in [0.2, 0.25) is 0 Å². The quantitative estimate of drug-likeness (QED) is 0.636. The van der Waals surface area contributed by atoms with Crippen molar-refractivity contribution < 1.29 is 4.74 Å². The summed E-state index contributed by atoms with van der Waals surface area (Å²) >= 11 is 0. The second-order valence-corrected chi connectivity index (χ2v) is 4.79. The van der Waals surface area contributed by atoms with Crippen LogP contribution in [0.1, 0.15) is 12.5 Å². The SMILES string of the molecule is CC1COCCN(C(N)=NCc2ccccc2)C1. The molecule has 0 radical (unpaired) electrons. The van der Waals surface area contributed by atoms with Gasteiger partial charge in [-0.05, 0) is 11.5 Å². The fourth-order valence-electron chi connectivity index (χ4n) is 2.04. The minimum atomic E-state index is 0.498. The van der Waals surface area contributed by atoms with Gasteiger partial charge in [0.25, 0.3) is 0 Å². The second-order valence-electron chi connectivity index (χ2n) is 4.79. The molecule has 1 atom stereocenters. The maximum Gasteiger partial charge on any atom is 0.191 e. The normalized spacial score (nSPS) is 21.7. The average Bonchev–Trinajstić information content (AvgIpc) is 2.62. The van der Waals surface area contributed by atoms with E-state index in [2.05, 4.69) is 28.9 Å². The molecule has 1 aromatic carbocycles. The van der Waals surface area contributed by atoms with Gasteiger partial charge in [0, 0.05) is 13.1 Å². The Bertz CT molecular complexity index is 391. The van der Waals surface area contributed by atoms with Crippen molar-refractivity contribution in [3.8, 4) is 0 Å². The molecule has 98 valence electrons. The highest BCUT2D eigenvalue weighted by Gasteiger charge is 2.16. The van der Waals surface area contributed by atoms with E-state index in [1.54, 1.807) is 0 Å². The number of hydrogen-bond donors (Lipinski definition) is 1. The van der Waals surface area contributed by atoms with Gasteiger partial charge < -0.3 is 15.4 Å². The van der Waals surface area contributed by atoms with Crippen LogP contribution in [0.5, 0.6) is 0 Å². The summed E-state index contributed by atoms with van der Waals surface area (Å²) in [6.45, 7) is 6.09. The van der Waals surface area contributed by atoms with Crippen LogP contribution in [0.3, 0.4) is 0 Å². The van der Waals surface area contributed by atoms with Crippen molar-refractivity contribution >= 4 is 5.96 Å². The first-order valence-electron chi connectivity index (χ1n) is 6.42. The van der Waals surface area contributed by atoms with Gasteiger partial charge in [-0.1, -0.05) is 37.3 Å². The molecule has 2 N–H and O–H groups in total. The van der Waals surface area contributed by atoms with E-state index < -0.39 is 0 Å². The molecule has 0 bridgehead atoms. The van der Waals surface area contributed by atoms with Gasteiger partial charge in [-0.25, -0.2) is 4.99 Å². The van der Waals surface area contributed by atoms with E-state index in [0.717, 1.165) is 26.3 Å². The molecular weight excluding hydrogens is 226 g/mol. The van der Waals surface area contributed by atoms with Crippen LogP contribution in [0.15, 0.2) is 35.3 Å². The van der Waals surface area contributed by atoms with E-state index in [4.69, 9.17) is 10.5 Å². The van der Waals surface area contributed by atoms with Crippen molar-refractivity contribution in [3.63, 3.8) is 0 Å². The molecule has 0 spiro atoms. The molecule has 1 heterocycles. The summed E-state index contributed by atoms with van der Waals surface area (Å²) in [4.78, 5) is 6.57. The van der Waals surface area contributed by atoms with Crippen LogP contribution in [-0.4, -0.2) is 37.2 Å². The molecule has 4 heteroatoms. The summed E-state index contributed by atoms with van der Waals surface area (Å²) in [6.07, 6.45) is 0. The number of hydrogen-bond acceptors (Lipinski definition) is 2. The van der Waals surface area contributed by atoms with Crippen LogP contribution in [0.2, 0.25) is 0 Å². The molecule has 2 rings (SSSR count). The van der Waals surface area contributed by atoms with Gasteiger partial charge in [-0.2, -0.15) is 0 Å². The predicted molar refractivity (Wildman–Crippen MR) is 73.3 cm³/mol. The van der Waals surface area contributed by atoms with Crippen LogP contribution in [0.4, 0.5) is 0 Å². The minimum Gasteiger partial charge on any atom is -0.379 e. The number of rotatable bonds is 2. The Morgan fingerprint density at radius 3 is 3.00 bits per heavy atom. The Hall–Kier alpha value is -1.55. The third-order valence-corrected chi connectivity index (χ3v) is 3.03. The number of aliphatic imine (C=N–C) groups is 1.